The van der Waals surface area contributed by atoms with Gasteiger partial charge in [0, 0.05) is 36.7 Å². The average molecular weight is 439 g/mol. The number of rotatable bonds is 5. The highest BCUT2D eigenvalue weighted by molar-refractivity contribution is 6.31. The van der Waals surface area contributed by atoms with Gasteiger partial charge in [-0.2, -0.15) is 0 Å². The molecular weight excluding hydrogens is 408 g/mol. The van der Waals surface area contributed by atoms with Gasteiger partial charge in [0.25, 0.3) is 0 Å². The predicted octanol–water partition coefficient (Wildman–Crippen LogP) is 2.18. The van der Waals surface area contributed by atoms with E-state index in [4.69, 9.17) is 16.3 Å². The fourth-order valence-corrected chi connectivity index (χ4v) is 3.66. The number of amides is 3. The Kier molecular flexibility index (Phi) is 8.23. The number of benzene rings is 1. The predicted molar refractivity (Wildman–Crippen MR) is 115 cm³/mol. The second kappa shape index (κ2) is 10.2. The number of nitrogens with one attached hydrogen (secondary N) is 2. The van der Waals surface area contributed by atoms with Gasteiger partial charge in [-0.15, -0.1) is 0 Å². The minimum Gasteiger partial charge on any atom is -0.468 e. The van der Waals surface area contributed by atoms with Crippen LogP contribution in [0, 0.1) is 0 Å². The van der Waals surface area contributed by atoms with Crippen molar-refractivity contribution in [1.29, 1.82) is 0 Å². The molecule has 2 rings (SSSR count). The SMILES string of the molecule is COC(=O)[C@H](c1ccccc1Cl)N1CCN([C@H](C)C(=O)NC(=O)NC(C)(C)C)CC1. The number of piperazine rings is 1. The molecular formula is C21H31ClN4O4. The Balaban J connectivity index is 2.00. The zero-order valence-electron chi connectivity index (χ0n) is 18.2. The number of hydrogen-bond acceptors (Lipinski definition) is 6. The lowest BCUT2D eigenvalue weighted by Gasteiger charge is -2.40. The molecule has 0 aromatic heterocycles. The summed E-state index contributed by atoms with van der Waals surface area (Å²) in [5, 5.41) is 5.61. The molecule has 0 saturated carbocycles. The summed E-state index contributed by atoms with van der Waals surface area (Å²) in [6.45, 7) is 9.53. The first-order chi connectivity index (χ1) is 14.0. The molecule has 1 aromatic rings. The van der Waals surface area contributed by atoms with Crippen molar-refractivity contribution < 1.29 is 19.1 Å². The highest BCUT2D eigenvalue weighted by Gasteiger charge is 2.34. The van der Waals surface area contributed by atoms with E-state index in [-0.39, 0.29) is 11.9 Å². The molecule has 2 N–H and O–H groups in total. The van der Waals surface area contributed by atoms with Gasteiger partial charge >= 0.3 is 12.0 Å². The Morgan fingerprint density at radius 3 is 2.17 bits per heavy atom. The zero-order chi connectivity index (χ0) is 22.5. The maximum Gasteiger partial charge on any atom is 0.327 e. The van der Waals surface area contributed by atoms with Gasteiger partial charge in [-0.05, 0) is 39.3 Å². The lowest BCUT2D eigenvalue weighted by molar-refractivity contribution is -0.148. The maximum atomic E-state index is 12.5. The molecule has 2 atom stereocenters. The van der Waals surface area contributed by atoms with Crippen LogP contribution < -0.4 is 10.6 Å². The van der Waals surface area contributed by atoms with Crippen molar-refractivity contribution in [3.05, 3.63) is 34.9 Å². The number of nitrogens with zero attached hydrogens (tertiary/aromatic N) is 2. The highest BCUT2D eigenvalue weighted by atomic mass is 35.5. The van der Waals surface area contributed by atoms with Gasteiger partial charge in [0.05, 0.1) is 13.2 Å². The number of urea groups is 1. The van der Waals surface area contributed by atoms with Gasteiger partial charge in [-0.25, -0.2) is 9.59 Å². The van der Waals surface area contributed by atoms with E-state index in [1.807, 2.05) is 48.8 Å². The largest absolute Gasteiger partial charge is 0.468 e. The summed E-state index contributed by atoms with van der Waals surface area (Å²) in [5.41, 5.74) is 0.269. The van der Waals surface area contributed by atoms with Gasteiger partial charge in [0.15, 0.2) is 0 Å². The molecule has 1 aliphatic heterocycles. The van der Waals surface area contributed by atoms with Gasteiger partial charge in [-0.1, -0.05) is 29.8 Å². The van der Waals surface area contributed by atoms with Crippen molar-refractivity contribution >= 4 is 29.5 Å². The van der Waals surface area contributed by atoms with E-state index in [0.29, 0.717) is 36.8 Å². The van der Waals surface area contributed by atoms with Crippen LogP contribution in [0.4, 0.5) is 4.79 Å². The third-order valence-corrected chi connectivity index (χ3v) is 5.33. The van der Waals surface area contributed by atoms with E-state index in [1.54, 1.807) is 13.0 Å². The zero-order valence-corrected chi connectivity index (χ0v) is 19.0. The van der Waals surface area contributed by atoms with E-state index in [9.17, 15) is 14.4 Å². The molecule has 8 nitrogen and oxygen atoms in total. The smallest absolute Gasteiger partial charge is 0.327 e. The van der Waals surface area contributed by atoms with Crippen LogP contribution in [0.1, 0.15) is 39.3 Å². The van der Waals surface area contributed by atoms with Crippen LogP contribution >= 0.6 is 11.6 Å². The second-order valence-electron chi connectivity index (χ2n) is 8.39. The third kappa shape index (κ3) is 6.42. The van der Waals surface area contributed by atoms with Crippen molar-refractivity contribution in [2.75, 3.05) is 33.3 Å². The number of imide groups is 1. The number of halogens is 1. The lowest BCUT2D eigenvalue weighted by atomic mass is 10.0. The second-order valence-corrected chi connectivity index (χ2v) is 8.80. The number of ether oxygens (including phenoxy) is 1. The van der Waals surface area contributed by atoms with Crippen LogP contribution in [0.25, 0.3) is 0 Å². The Morgan fingerprint density at radius 2 is 1.63 bits per heavy atom. The van der Waals surface area contributed by atoms with Crippen LogP contribution in [-0.4, -0.2) is 72.6 Å². The highest BCUT2D eigenvalue weighted by Crippen LogP contribution is 2.29. The molecule has 1 aromatic carbocycles. The van der Waals surface area contributed by atoms with Crippen LogP contribution in [0.2, 0.25) is 5.02 Å². The first-order valence-corrected chi connectivity index (χ1v) is 10.3. The summed E-state index contributed by atoms with van der Waals surface area (Å²) in [6, 6.07) is 5.62. The van der Waals surface area contributed by atoms with Crippen molar-refractivity contribution in [2.24, 2.45) is 0 Å². The summed E-state index contributed by atoms with van der Waals surface area (Å²) in [4.78, 5) is 40.9. The number of hydrogen-bond donors (Lipinski definition) is 2. The first-order valence-electron chi connectivity index (χ1n) is 9.97. The Hall–Kier alpha value is -2.16. The van der Waals surface area contributed by atoms with Crippen molar-refractivity contribution in [1.82, 2.24) is 20.4 Å². The van der Waals surface area contributed by atoms with E-state index < -0.39 is 23.7 Å². The number of carbonyl (C=O) groups excluding carboxylic acids is 3. The Labute approximate surface area is 182 Å². The average Bonchev–Trinajstić information content (AvgIpc) is 2.67. The number of carbonyl (C=O) groups is 3. The van der Waals surface area contributed by atoms with Crippen molar-refractivity contribution in [3.63, 3.8) is 0 Å². The fraction of sp³-hybridized carbons (Fsp3) is 0.571. The Bertz CT molecular complexity index is 773. The third-order valence-electron chi connectivity index (χ3n) is 4.99. The lowest BCUT2D eigenvalue weighted by Crippen LogP contribution is -2.57. The molecule has 0 bridgehead atoms. The molecule has 166 valence electrons. The van der Waals surface area contributed by atoms with Gasteiger partial charge in [0.2, 0.25) is 5.91 Å². The summed E-state index contributed by atoms with van der Waals surface area (Å²) in [5.74, 6) is -0.734. The molecule has 0 aliphatic carbocycles. The molecule has 1 heterocycles. The first kappa shape index (κ1) is 24.1. The van der Waals surface area contributed by atoms with Crippen LogP contribution in [0.5, 0.6) is 0 Å². The minimum absolute atomic E-state index is 0.360. The Morgan fingerprint density at radius 1 is 1.07 bits per heavy atom. The van der Waals surface area contributed by atoms with Gasteiger partial charge in [-0.3, -0.25) is 19.9 Å². The summed E-state index contributed by atoms with van der Waals surface area (Å²) >= 11 is 6.32. The van der Waals surface area contributed by atoms with E-state index >= 15 is 0 Å². The monoisotopic (exact) mass is 438 g/mol. The number of methoxy groups -OCH3 is 1. The molecule has 9 heteroatoms. The quantitative estimate of drug-likeness (QED) is 0.685. The van der Waals surface area contributed by atoms with E-state index in [0.717, 1.165) is 0 Å². The van der Waals surface area contributed by atoms with Crippen LogP contribution in [-0.2, 0) is 14.3 Å². The maximum absolute atomic E-state index is 12.5. The molecule has 0 spiro atoms. The standard InChI is InChI=1S/C21H31ClN4O4/c1-14(18(27)23-20(29)24-21(2,3)4)25-10-12-26(13-11-25)17(19(28)30-5)15-8-6-7-9-16(15)22/h6-9,14,17H,10-13H2,1-5H3,(H2,23,24,27,29)/t14-,17+/m1/s1. The normalized spacial score (nSPS) is 17.7. The molecule has 30 heavy (non-hydrogen) atoms. The summed E-state index contributed by atoms with van der Waals surface area (Å²) in [7, 11) is 1.36. The van der Waals surface area contributed by atoms with Gasteiger partial charge < -0.3 is 10.1 Å². The van der Waals surface area contributed by atoms with E-state index in [2.05, 4.69) is 10.6 Å². The van der Waals surface area contributed by atoms with Gasteiger partial charge in [0.1, 0.15) is 6.04 Å². The molecule has 0 unspecified atom stereocenters. The molecule has 1 saturated heterocycles. The van der Waals surface area contributed by atoms with E-state index in [1.165, 1.54) is 7.11 Å². The van der Waals surface area contributed by atoms with Crippen molar-refractivity contribution in [2.45, 2.75) is 45.3 Å². The minimum atomic E-state index is -0.604. The topological polar surface area (TPSA) is 91.0 Å². The molecule has 1 aliphatic rings. The molecule has 0 radical (unpaired) electrons. The summed E-state index contributed by atoms with van der Waals surface area (Å²) < 4.78 is 5.01. The summed E-state index contributed by atoms with van der Waals surface area (Å²) in [6.07, 6.45) is 0. The van der Waals surface area contributed by atoms with Crippen molar-refractivity contribution in [3.8, 4) is 0 Å². The molecule has 1 fully saturated rings. The number of esters is 1. The fourth-order valence-electron chi connectivity index (χ4n) is 3.42. The van der Waals surface area contributed by atoms with Crippen LogP contribution in [0.3, 0.4) is 0 Å². The van der Waals surface area contributed by atoms with Crippen LogP contribution in [0.15, 0.2) is 24.3 Å². The molecule has 3 amide bonds.